The second-order valence-corrected chi connectivity index (χ2v) is 9.07. The predicted molar refractivity (Wildman–Crippen MR) is 96.2 cm³/mol. The Hall–Kier alpha value is -1.66. The first-order valence-electron chi connectivity index (χ1n) is 8.45. The molecule has 3 rings (SSSR count). The molecule has 0 saturated heterocycles. The minimum absolute atomic E-state index is 0.0257. The number of hydrogen-bond donors (Lipinski definition) is 0. The highest BCUT2D eigenvalue weighted by Gasteiger charge is 2.37. The van der Waals surface area contributed by atoms with E-state index in [0.717, 1.165) is 31.0 Å². The lowest BCUT2D eigenvalue weighted by Crippen LogP contribution is -2.36. The van der Waals surface area contributed by atoms with Gasteiger partial charge in [0.25, 0.3) is 0 Å². The van der Waals surface area contributed by atoms with E-state index in [1.165, 1.54) is 12.1 Å². The molecule has 1 aliphatic rings. The van der Waals surface area contributed by atoms with Gasteiger partial charge in [0.2, 0.25) is 0 Å². The van der Waals surface area contributed by atoms with Crippen LogP contribution in [-0.4, -0.2) is 20.3 Å². The predicted octanol–water partition coefficient (Wildman–Crippen LogP) is 5.03. The van der Waals surface area contributed by atoms with E-state index in [-0.39, 0.29) is 23.2 Å². The van der Waals surface area contributed by atoms with Gasteiger partial charge in [0.1, 0.15) is 5.82 Å². The Morgan fingerprint density at radius 3 is 2.46 bits per heavy atom. The van der Waals surface area contributed by atoms with Crippen molar-refractivity contribution < 1.29 is 21.9 Å². The molecule has 7 heteroatoms. The standard InChI is InChI=1S/C19H19ClF2O3S/c20-14-5-8-16(9-6-14)26(23,24)19-4-2-1-3-13(19)12-25-18-11-15(21)7-10-17(18)22/h5-11,13,19H,1-4,12H2/t13-,19+/m1/s1. The second kappa shape index (κ2) is 7.92. The zero-order valence-electron chi connectivity index (χ0n) is 14.0. The zero-order chi connectivity index (χ0) is 18.7. The van der Waals surface area contributed by atoms with E-state index in [2.05, 4.69) is 0 Å². The van der Waals surface area contributed by atoms with E-state index in [4.69, 9.17) is 16.3 Å². The van der Waals surface area contributed by atoms with Gasteiger partial charge in [-0.1, -0.05) is 24.4 Å². The number of ether oxygens (including phenoxy) is 1. The van der Waals surface area contributed by atoms with Crippen LogP contribution in [0, 0.1) is 17.6 Å². The molecule has 0 aromatic heterocycles. The van der Waals surface area contributed by atoms with Crippen LogP contribution in [0.15, 0.2) is 47.4 Å². The molecule has 0 N–H and O–H groups in total. The van der Waals surface area contributed by atoms with Gasteiger partial charge in [-0.05, 0) is 49.2 Å². The van der Waals surface area contributed by atoms with Crippen molar-refractivity contribution in [1.82, 2.24) is 0 Å². The lowest BCUT2D eigenvalue weighted by Gasteiger charge is -2.31. The monoisotopic (exact) mass is 400 g/mol. The van der Waals surface area contributed by atoms with Crippen molar-refractivity contribution in [1.29, 1.82) is 0 Å². The summed E-state index contributed by atoms with van der Waals surface area (Å²) in [6, 6.07) is 9.06. The third-order valence-electron chi connectivity index (χ3n) is 4.73. The molecule has 0 aliphatic heterocycles. The third kappa shape index (κ3) is 4.18. The molecule has 0 spiro atoms. The molecule has 3 nitrogen and oxygen atoms in total. The molecular formula is C19H19ClF2O3S. The molecular weight excluding hydrogens is 382 g/mol. The Labute approximate surface area is 156 Å². The van der Waals surface area contributed by atoms with Crippen LogP contribution in [0.1, 0.15) is 25.7 Å². The summed E-state index contributed by atoms with van der Waals surface area (Å²) in [5, 5.41) is -0.150. The molecule has 1 fully saturated rings. The van der Waals surface area contributed by atoms with Gasteiger partial charge in [0.05, 0.1) is 16.8 Å². The van der Waals surface area contributed by atoms with E-state index in [1.807, 2.05) is 0 Å². The summed E-state index contributed by atoms with van der Waals surface area (Å²) in [5.41, 5.74) is 0. The first-order chi connectivity index (χ1) is 12.4. The molecule has 140 valence electrons. The van der Waals surface area contributed by atoms with Gasteiger partial charge < -0.3 is 4.74 Å². The number of sulfone groups is 1. The lowest BCUT2D eigenvalue weighted by atomic mass is 9.89. The first-order valence-corrected chi connectivity index (χ1v) is 10.4. The third-order valence-corrected chi connectivity index (χ3v) is 7.33. The van der Waals surface area contributed by atoms with E-state index in [1.54, 1.807) is 12.1 Å². The van der Waals surface area contributed by atoms with E-state index >= 15 is 0 Å². The summed E-state index contributed by atoms with van der Waals surface area (Å²) >= 11 is 5.84. The number of halogens is 3. The highest BCUT2D eigenvalue weighted by Crippen LogP contribution is 2.34. The molecule has 0 heterocycles. The summed E-state index contributed by atoms with van der Waals surface area (Å²) in [6.07, 6.45) is 2.87. The molecule has 2 atom stereocenters. The molecule has 2 aromatic carbocycles. The Bertz CT molecular complexity index is 869. The van der Waals surface area contributed by atoms with Crippen molar-refractivity contribution in [2.75, 3.05) is 6.61 Å². The highest BCUT2D eigenvalue weighted by molar-refractivity contribution is 7.92. The van der Waals surface area contributed by atoms with Crippen molar-refractivity contribution in [3.63, 3.8) is 0 Å². The normalized spacial score (nSPS) is 20.7. The number of benzene rings is 2. The van der Waals surface area contributed by atoms with Crippen LogP contribution in [0.3, 0.4) is 0 Å². The zero-order valence-corrected chi connectivity index (χ0v) is 15.6. The van der Waals surface area contributed by atoms with Gasteiger partial charge in [0.15, 0.2) is 21.4 Å². The summed E-state index contributed by atoms with van der Waals surface area (Å²) in [4.78, 5) is 0.218. The molecule has 2 aromatic rings. The summed E-state index contributed by atoms with van der Waals surface area (Å²) in [5.74, 6) is -1.75. The summed E-state index contributed by atoms with van der Waals surface area (Å²) in [7, 11) is -3.56. The van der Waals surface area contributed by atoms with Crippen LogP contribution in [-0.2, 0) is 9.84 Å². The Balaban J connectivity index is 1.79. The minimum atomic E-state index is -3.56. The van der Waals surface area contributed by atoms with Crippen LogP contribution in [0.25, 0.3) is 0 Å². The van der Waals surface area contributed by atoms with E-state index in [9.17, 15) is 17.2 Å². The molecule has 0 radical (unpaired) electrons. The fraction of sp³-hybridized carbons (Fsp3) is 0.368. The van der Waals surface area contributed by atoms with Crippen molar-refractivity contribution >= 4 is 21.4 Å². The second-order valence-electron chi connectivity index (χ2n) is 6.47. The topological polar surface area (TPSA) is 43.4 Å². The van der Waals surface area contributed by atoms with Gasteiger partial charge in [0, 0.05) is 17.0 Å². The van der Waals surface area contributed by atoms with Crippen LogP contribution >= 0.6 is 11.6 Å². The quantitative estimate of drug-likeness (QED) is 0.707. The van der Waals surface area contributed by atoms with Gasteiger partial charge in [-0.25, -0.2) is 17.2 Å². The van der Waals surface area contributed by atoms with Crippen LogP contribution < -0.4 is 4.74 Å². The Kier molecular flexibility index (Phi) is 5.82. The lowest BCUT2D eigenvalue weighted by molar-refractivity contribution is 0.203. The van der Waals surface area contributed by atoms with Crippen molar-refractivity contribution in [2.24, 2.45) is 5.92 Å². The molecule has 1 saturated carbocycles. The largest absolute Gasteiger partial charge is 0.490 e. The maximum Gasteiger partial charge on any atom is 0.181 e. The summed E-state index contributed by atoms with van der Waals surface area (Å²) < 4.78 is 58.5. The van der Waals surface area contributed by atoms with Gasteiger partial charge >= 0.3 is 0 Å². The van der Waals surface area contributed by atoms with E-state index in [0.29, 0.717) is 17.9 Å². The average Bonchev–Trinajstić information content (AvgIpc) is 2.63. The summed E-state index contributed by atoms with van der Waals surface area (Å²) in [6.45, 7) is 0.0257. The van der Waals surface area contributed by atoms with Crippen molar-refractivity contribution in [3.05, 3.63) is 59.1 Å². The molecule has 1 aliphatic carbocycles. The fourth-order valence-corrected chi connectivity index (χ4v) is 5.55. The molecule has 26 heavy (non-hydrogen) atoms. The molecule has 0 bridgehead atoms. The smallest absolute Gasteiger partial charge is 0.181 e. The van der Waals surface area contributed by atoms with Crippen LogP contribution in [0.4, 0.5) is 8.78 Å². The SMILES string of the molecule is O=S(=O)(c1ccc(Cl)cc1)[C@H]1CCCC[C@@H]1COc1cc(F)ccc1F. The highest BCUT2D eigenvalue weighted by atomic mass is 35.5. The number of rotatable bonds is 5. The van der Waals surface area contributed by atoms with Crippen LogP contribution in [0.5, 0.6) is 5.75 Å². The van der Waals surface area contributed by atoms with Crippen LogP contribution in [0.2, 0.25) is 5.02 Å². The Morgan fingerprint density at radius 1 is 1.04 bits per heavy atom. The average molecular weight is 401 g/mol. The fourth-order valence-electron chi connectivity index (χ4n) is 3.36. The van der Waals surface area contributed by atoms with Gasteiger partial charge in [-0.3, -0.25) is 0 Å². The first kappa shape index (κ1) is 19.1. The molecule has 0 unspecified atom stereocenters. The van der Waals surface area contributed by atoms with Gasteiger partial charge in [-0.2, -0.15) is 0 Å². The van der Waals surface area contributed by atoms with Crippen molar-refractivity contribution in [2.45, 2.75) is 35.8 Å². The maximum absolute atomic E-state index is 13.7. The Morgan fingerprint density at radius 2 is 1.73 bits per heavy atom. The van der Waals surface area contributed by atoms with Crippen molar-refractivity contribution in [3.8, 4) is 5.75 Å². The number of hydrogen-bond acceptors (Lipinski definition) is 3. The minimum Gasteiger partial charge on any atom is -0.490 e. The van der Waals surface area contributed by atoms with E-state index < -0.39 is 26.7 Å². The van der Waals surface area contributed by atoms with Gasteiger partial charge in [-0.15, -0.1) is 0 Å². The maximum atomic E-state index is 13.7. The molecule has 0 amide bonds.